The van der Waals surface area contributed by atoms with Gasteiger partial charge in [0.1, 0.15) is 0 Å². The zero-order valence-corrected chi connectivity index (χ0v) is 9.54. The van der Waals surface area contributed by atoms with Crippen LogP contribution >= 0.6 is 23.2 Å². The second-order valence-electron chi connectivity index (χ2n) is 3.77. The maximum absolute atomic E-state index is 5.78. The van der Waals surface area contributed by atoms with Gasteiger partial charge in [-0.2, -0.15) is 0 Å². The number of hydrogen-bond donors (Lipinski definition) is 1. The highest BCUT2D eigenvalue weighted by Gasteiger charge is 2.20. The molecule has 0 heterocycles. The average Bonchev–Trinajstić information content (AvgIpc) is 2.66. The van der Waals surface area contributed by atoms with E-state index in [1.165, 1.54) is 31.2 Å². The van der Waals surface area contributed by atoms with Gasteiger partial charge in [-0.15, -0.1) is 0 Å². The second-order valence-corrected chi connectivity index (χ2v) is 4.47. The van der Waals surface area contributed by atoms with E-state index in [2.05, 4.69) is 12.2 Å². The predicted molar refractivity (Wildman–Crippen MR) is 59.2 cm³/mol. The molecule has 0 aromatic carbocycles. The van der Waals surface area contributed by atoms with Gasteiger partial charge in [0, 0.05) is 23.2 Å². The second kappa shape index (κ2) is 5.90. The van der Waals surface area contributed by atoms with Crippen LogP contribution in [0.25, 0.3) is 0 Å². The Bertz CT molecular complexity index is 174. The van der Waals surface area contributed by atoms with Crippen LogP contribution in [-0.2, 0) is 0 Å². The molecule has 1 aliphatic rings. The number of rotatable bonds is 4. The molecule has 0 aromatic rings. The van der Waals surface area contributed by atoms with Crippen LogP contribution in [0, 0.1) is 5.92 Å². The summed E-state index contributed by atoms with van der Waals surface area (Å²) in [6.07, 6.45) is 5.48. The lowest BCUT2D eigenvalue weighted by atomic mass is 10.00. The topological polar surface area (TPSA) is 12.0 Å². The van der Waals surface area contributed by atoms with Crippen molar-refractivity contribution in [1.29, 1.82) is 0 Å². The van der Waals surface area contributed by atoms with E-state index in [0.717, 1.165) is 5.92 Å². The Balaban J connectivity index is 2.20. The predicted octanol–water partition coefficient (Wildman–Crippen LogP) is 3.47. The van der Waals surface area contributed by atoms with Crippen molar-refractivity contribution in [1.82, 2.24) is 5.32 Å². The fraction of sp³-hybridized carbons (Fsp3) is 0.800. The van der Waals surface area contributed by atoms with Gasteiger partial charge in [-0.25, -0.2) is 0 Å². The van der Waals surface area contributed by atoms with Gasteiger partial charge in [-0.05, 0) is 25.7 Å². The summed E-state index contributed by atoms with van der Waals surface area (Å²) in [7, 11) is 0. The van der Waals surface area contributed by atoms with Crippen LogP contribution in [0.2, 0.25) is 0 Å². The van der Waals surface area contributed by atoms with Crippen LogP contribution in [-0.4, -0.2) is 12.6 Å². The third-order valence-corrected chi connectivity index (χ3v) is 3.44. The Morgan fingerprint density at radius 1 is 1.54 bits per heavy atom. The molecule has 0 saturated heterocycles. The monoisotopic (exact) mass is 221 g/mol. The summed E-state index contributed by atoms with van der Waals surface area (Å²) in [5.74, 6) is 0.833. The third kappa shape index (κ3) is 3.88. The maximum atomic E-state index is 5.78. The number of halogens is 2. The Labute approximate surface area is 90.5 Å². The molecular formula is C10H17Cl2N. The molecule has 0 bridgehead atoms. The summed E-state index contributed by atoms with van der Waals surface area (Å²) < 4.78 is 0. The lowest BCUT2D eigenvalue weighted by Crippen LogP contribution is -2.33. The van der Waals surface area contributed by atoms with Gasteiger partial charge < -0.3 is 5.32 Å². The van der Waals surface area contributed by atoms with Crippen molar-refractivity contribution in [3.05, 3.63) is 10.6 Å². The largest absolute Gasteiger partial charge is 0.309 e. The average molecular weight is 222 g/mol. The Morgan fingerprint density at radius 2 is 2.15 bits per heavy atom. The van der Waals surface area contributed by atoms with Gasteiger partial charge in [-0.3, -0.25) is 0 Å². The van der Waals surface area contributed by atoms with Crippen molar-refractivity contribution in [2.75, 3.05) is 6.54 Å². The molecule has 1 rings (SSSR count). The quantitative estimate of drug-likeness (QED) is 0.767. The fourth-order valence-electron chi connectivity index (χ4n) is 1.92. The zero-order valence-electron chi connectivity index (χ0n) is 8.02. The molecule has 0 aromatic heterocycles. The Kier molecular flexibility index (Phi) is 5.15. The summed E-state index contributed by atoms with van der Waals surface area (Å²) in [4.78, 5) is 0. The van der Waals surface area contributed by atoms with Crippen LogP contribution in [0.3, 0.4) is 0 Å². The van der Waals surface area contributed by atoms with Crippen molar-refractivity contribution in [3.63, 3.8) is 0 Å². The smallest absolute Gasteiger partial charge is 0.0431 e. The molecule has 1 nitrogen and oxygen atoms in total. The van der Waals surface area contributed by atoms with E-state index in [4.69, 9.17) is 23.2 Å². The molecule has 0 radical (unpaired) electrons. The first-order valence-electron chi connectivity index (χ1n) is 4.92. The molecule has 1 saturated carbocycles. The molecule has 0 amide bonds. The molecule has 1 aliphatic carbocycles. The van der Waals surface area contributed by atoms with Gasteiger partial charge >= 0.3 is 0 Å². The molecule has 13 heavy (non-hydrogen) atoms. The fourth-order valence-corrected chi connectivity index (χ4v) is 2.08. The Morgan fingerprint density at radius 3 is 2.69 bits per heavy atom. The number of nitrogens with one attached hydrogen (secondary N) is 1. The van der Waals surface area contributed by atoms with Crippen LogP contribution in [0.1, 0.15) is 32.6 Å². The molecular weight excluding hydrogens is 205 g/mol. The van der Waals surface area contributed by atoms with Crippen molar-refractivity contribution in [3.8, 4) is 0 Å². The highest BCUT2D eigenvalue weighted by atomic mass is 35.5. The summed E-state index contributed by atoms with van der Waals surface area (Å²) in [5, 5.41) is 4.08. The minimum atomic E-state index is 0.563. The highest BCUT2D eigenvalue weighted by Crippen LogP contribution is 2.27. The van der Waals surface area contributed by atoms with E-state index < -0.39 is 0 Å². The molecule has 3 heteroatoms. The van der Waals surface area contributed by atoms with Gasteiger partial charge in [-0.1, -0.05) is 36.0 Å². The summed E-state index contributed by atoms with van der Waals surface area (Å²) in [6.45, 7) is 2.93. The molecule has 1 fully saturated rings. The first kappa shape index (κ1) is 11.4. The van der Waals surface area contributed by atoms with Crippen molar-refractivity contribution >= 4 is 23.2 Å². The minimum absolute atomic E-state index is 0.563. The van der Waals surface area contributed by atoms with E-state index in [9.17, 15) is 0 Å². The van der Waals surface area contributed by atoms with Crippen LogP contribution in [0.15, 0.2) is 10.6 Å². The van der Waals surface area contributed by atoms with Crippen molar-refractivity contribution in [2.45, 2.75) is 38.6 Å². The lowest BCUT2D eigenvalue weighted by Gasteiger charge is -2.19. The normalized spacial score (nSPS) is 22.2. The standard InChI is InChI=1S/C10H17Cl2N/c1-8(9-4-2-3-5-9)13-7-10(12)6-11/h6,8-9,13H,2-5,7H2,1H3. The Hall–Kier alpha value is 0.280. The van der Waals surface area contributed by atoms with Crippen molar-refractivity contribution < 1.29 is 0 Å². The molecule has 1 unspecified atom stereocenters. The lowest BCUT2D eigenvalue weighted by molar-refractivity contribution is 0.394. The maximum Gasteiger partial charge on any atom is 0.0431 e. The van der Waals surface area contributed by atoms with E-state index in [1.807, 2.05) is 0 Å². The SMILES string of the molecule is CC(NCC(Cl)=CCl)C1CCCC1. The molecule has 0 aliphatic heterocycles. The van der Waals surface area contributed by atoms with Crippen LogP contribution in [0.5, 0.6) is 0 Å². The van der Waals surface area contributed by atoms with E-state index in [1.54, 1.807) is 0 Å². The highest BCUT2D eigenvalue weighted by molar-refractivity contribution is 6.36. The first-order valence-corrected chi connectivity index (χ1v) is 5.73. The third-order valence-electron chi connectivity index (χ3n) is 2.82. The van der Waals surface area contributed by atoms with Gasteiger partial charge in [0.15, 0.2) is 0 Å². The van der Waals surface area contributed by atoms with Crippen molar-refractivity contribution in [2.24, 2.45) is 5.92 Å². The van der Waals surface area contributed by atoms with Gasteiger partial charge in [0.25, 0.3) is 0 Å². The summed E-state index contributed by atoms with van der Waals surface area (Å²) in [5.41, 5.74) is 1.43. The number of hydrogen-bond acceptors (Lipinski definition) is 1. The molecule has 1 atom stereocenters. The van der Waals surface area contributed by atoms with Gasteiger partial charge in [0.2, 0.25) is 0 Å². The molecule has 76 valence electrons. The van der Waals surface area contributed by atoms with E-state index in [-0.39, 0.29) is 0 Å². The summed E-state index contributed by atoms with van der Waals surface area (Å²) >= 11 is 11.2. The molecule has 0 spiro atoms. The van der Waals surface area contributed by atoms with Crippen LogP contribution < -0.4 is 5.32 Å². The minimum Gasteiger partial charge on any atom is -0.309 e. The summed E-state index contributed by atoms with van der Waals surface area (Å²) in [6, 6.07) is 0.563. The van der Waals surface area contributed by atoms with Gasteiger partial charge in [0.05, 0.1) is 0 Å². The zero-order chi connectivity index (χ0) is 9.68. The van der Waals surface area contributed by atoms with E-state index >= 15 is 0 Å². The first-order chi connectivity index (χ1) is 6.24. The van der Waals surface area contributed by atoms with Crippen LogP contribution in [0.4, 0.5) is 0 Å². The van der Waals surface area contributed by atoms with E-state index in [0.29, 0.717) is 17.6 Å². The molecule has 1 N–H and O–H groups in total.